The lowest BCUT2D eigenvalue weighted by Gasteiger charge is -2.02. The molecule has 156 valence electrons. The molecule has 0 N–H and O–H groups in total. The van der Waals surface area contributed by atoms with Gasteiger partial charge in [0.05, 0.1) is 20.5 Å². The van der Waals surface area contributed by atoms with Crippen LogP contribution in [0.5, 0.6) is 0 Å². The average Bonchev–Trinajstić information content (AvgIpc) is 2.58. The molecule has 1 aromatic rings. The molecule has 0 saturated carbocycles. The molecule has 0 saturated heterocycles. The molecule has 0 atom stereocenters. The van der Waals surface area contributed by atoms with Gasteiger partial charge >= 0.3 is 0 Å². The molecule has 1 aromatic carbocycles. The van der Waals surface area contributed by atoms with Gasteiger partial charge in [0.2, 0.25) is 0 Å². The third-order valence-electron chi connectivity index (χ3n) is 2.85. The van der Waals surface area contributed by atoms with E-state index in [4.69, 9.17) is 4.74 Å². The topological polar surface area (TPSA) is 9.23 Å². The average molecular weight is 376 g/mol. The van der Waals surface area contributed by atoms with Crippen LogP contribution < -0.4 is 0 Å². The second kappa shape index (κ2) is 24.0. The molecule has 1 rings (SSSR count). The fourth-order valence-electron chi connectivity index (χ4n) is 1.68. The van der Waals surface area contributed by atoms with Crippen LogP contribution in [0.25, 0.3) is 0 Å². The highest BCUT2D eigenvalue weighted by molar-refractivity contribution is 5.14. The molecule has 0 amide bonds. The zero-order chi connectivity index (χ0) is 20.8. The van der Waals surface area contributed by atoms with Crippen LogP contribution in [0.4, 0.5) is 13.2 Å². The Morgan fingerprint density at radius 1 is 0.769 bits per heavy atom. The Balaban J connectivity index is -0.000000300. The summed E-state index contributed by atoms with van der Waals surface area (Å²) < 4.78 is 36.9. The summed E-state index contributed by atoms with van der Waals surface area (Å²) in [6.07, 6.45) is 1.90. The Morgan fingerprint density at radius 2 is 1.31 bits per heavy atom. The lowest BCUT2D eigenvalue weighted by atomic mass is 10.0. The van der Waals surface area contributed by atoms with E-state index in [2.05, 4.69) is 44.2 Å². The zero-order valence-electron chi connectivity index (χ0n) is 17.9. The third kappa shape index (κ3) is 30.8. The summed E-state index contributed by atoms with van der Waals surface area (Å²) in [7, 11) is 0.500. The predicted octanol–water partition coefficient (Wildman–Crippen LogP) is 7.10. The molecule has 0 radical (unpaired) electrons. The molecule has 0 spiro atoms. The highest BCUT2D eigenvalue weighted by atomic mass is 18.2. The molecule has 0 unspecified atom stereocenters. The maximum absolute atomic E-state index is 11.3. The highest BCUT2D eigenvalue weighted by Gasteiger charge is 1.94. The van der Waals surface area contributed by atoms with E-state index in [1.54, 1.807) is 0 Å². The zero-order valence-corrected chi connectivity index (χ0v) is 17.9. The lowest BCUT2D eigenvalue weighted by Crippen LogP contribution is -2.03. The van der Waals surface area contributed by atoms with E-state index < -0.39 is 0 Å². The lowest BCUT2D eigenvalue weighted by molar-refractivity contribution is 0.0974. The first-order valence-corrected chi connectivity index (χ1v) is 9.44. The molecule has 4 heteroatoms. The number of hydrogen-bond donors (Lipinski definition) is 0. The summed E-state index contributed by atoms with van der Waals surface area (Å²) in [4.78, 5) is 0. The molecule has 0 aromatic heterocycles. The van der Waals surface area contributed by atoms with E-state index in [1.165, 1.54) is 12.0 Å². The van der Waals surface area contributed by atoms with Gasteiger partial charge in [-0.15, -0.1) is 0 Å². The van der Waals surface area contributed by atoms with E-state index in [0.717, 1.165) is 5.92 Å². The van der Waals surface area contributed by atoms with E-state index in [9.17, 15) is 13.2 Å². The van der Waals surface area contributed by atoms with Crippen LogP contribution in [0, 0.1) is 17.8 Å². The molecule has 0 aliphatic carbocycles. The molecule has 0 bridgehead atoms. The van der Waals surface area contributed by atoms with Crippen molar-refractivity contribution in [2.24, 2.45) is 17.8 Å². The Hall–Kier alpha value is -1.03. The van der Waals surface area contributed by atoms with Crippen LogP contribution in [0.3, 0.4) is 0 Å². The molecular weight excluding hydrogens is 334 g/mol. The van der Waals surface area contributed by atoms with Crippen LogP contribution in [0.2, 0.25) is 0 Å². The Morgan fingerprint density at radius 3 is 1.62 bits per heavy atom. The normalized spacial score (nSPS) is 9.73. The van der Waals surface area contributed by atoms with Crippen molar-refractivity contribution in [1.29, 1.82) is 0 Å². The van der Waals surface area contributed by atoms with Crippen LogP contribution in [0.1, 0.15) is 53.5 Å². The number of alkyl halides is 3. The van der Waals surface area contributed by atoms with Gasteiger partial charge in [0.15, 0.2) is 0 Å². The molecule has 0 aliphatic heterocycles. The van der Waals surface area contributed by atoms with Gasteiger partial charge in [0.25, 0.3) is 0 Å². The smallest absolute Gasteiger partial charge is 0.113 e. The van der Waals surface area contributed by atoms with Gasteiger partial charge in [-0.05, 0) is 36.2 Å². The summed E-state index contributed by atoms with van der Waals surface area (Å²) >= 11 is 0. The molecule has 1 nitrogen and oxygen atoms in total. The molecule has 0 aliphatic rings. The summed E-state index contributed by atoms with van der Waals surface area (Å²) in [5.74, 6) is 1.80. The van der Waals surface area contributed by atoms with Crippen LogP contribution in [-0.4, -0.2) is 33.7 Å². The Kier molecular flexibility index (Phi) is 27.4. The van der Waals surface area contributed by atoms with Gasteiger partial charge in [-0.25, -0.2) is 4.39 Å². The van der Waals surface area contributed by atoms with Gasteiger partial charge < -0.3 is 4.74 Å². The summed E-state index contributed by atoms with van der Waals surface area (Å²) in [6, 6.07) is 10.6. The van der Waals surface area contributed by atoms with Crippen LogP contribution >= 0.6 is 0 Å². The first kappa shape index (κ1) is 29.7. The van der Waals surface area contributed by atoms with Gasteiger partial charge in [-0.3, -0.25) is 8.78 Å². The van der Waals surface area contributed by atoms with Crippen molar-refractivity contribution in [1.82, 2.24) is 0 Å². The van der Waals surface area contributed by atoms with Crippen molar-refractivity contribution in [3.8, 4) is 0 Å². The van der Waals surface area contributed by atoms with Crippen molar-refractivity contribution in [3.63, 3.8) is 0 Å². The van der Waals surface area contributed by atoms with E-state index in [1.807, 2.05) is 27.7 Å². The maximum atomic E-state index is 11.3. The number of ether oxygens (including phenoxy) is 1. The minimum Gasteiger partial charge on any atom is -0.378 e. The SMILES string of the molecule is CC(C)CC[18F].CC(C)COCC[18F].CC(C)Cc1ccccc1.C[18F]. The van der Waals surface area contributed by atoms with Crippen molar-refractivity contribution < 1.29 is 17.9 Å². The van der Waals surface area contributed by atoms with E-state index >= 15 is 0 Å². The summed E-state index contributed by atoms with van der Waals surface area (Å²) in [5, 5.41) is 0. The van der Waals surface area contributed by atoms with E-state index in [-0.39, 0.29) is 20.0 Å². The largest absolute Gasteiger partial charge is 0.378 e. The molecule has 26 heavy (non-hydrogen) atoms. The molecule has 0 fully saturated rings. The van der Waals surface area contributed by atoms with Crippen molar-refractivity contribution in [2.75, 3.05) is 33.7 Å². The fourth-order valence-corrected chi connectivity index (χ4v) is 1.68. The number of halogens is 3. The molecular formula is C22H41F3O. The first-order chi connectivity index (χ1) is 12.3. The highest BCUT2D eigenvalue weighted by Crippen LogP contribution is 2.06. The Labute approximate surface area is 160 Å². The predicted molar refractivity (Wildman–Crippen MR) is 109 cm³/mol. The minimum atomic E-state index is -0.368. The Bertz CT molecular complexity index is 341. The monoisotopic (exact) mass is 375 g/mol. The van der Waals surface area contributed by atoms with Crippen molar-refractivity contribution >= 4 is 0 Å². The third-order valence-corrected chi connectivity index (χ3v) is 2.85. The van der Waals surface area contributed by atoms with Crippen molar-refractivity contribution in [3.05, 3.63) is 35.9 Å². The maximum Gasteiger partial charge on any atom is 0.113 e. The molecule has 0 heterocycles. The van der Waals surface area contributed by atoms with E-state index in [0.29, 0.717) is 32.0 Å². The van der Waals surface area contributed by atoms with Crippen LogP contribution in [-0.2, 0) is 11.2 Å². The first-order valence-electron chi connectivity index (χ1n) is 9.44. The quantitative estimate of drug-likeness (QED) is 0.440. The second-order valence-electron chi connectivity index (χ2n) is 7.11. The number of hydrogen-bond acceptors (Lipinski definition) is 1. The van der Waals surface area contributed by atoms with Gasteiger partial charge in [0, 0.05) is 6.61 Å². The fraction of sp³-hybridized carbons (Fsp3) is 0.727. The summed E-state index contributed by atoms with van der Waals surface area (Å²) in [5.41, 5.74) is 1.44. The number of benzene rings is 1. The minimum absolute atomic E-state index is 0.169. The second-order valence-corrected chi connectivity index (χ2v) is 7.11. The van der Waals surface area contributed by atoms with Crippen LogP contribution in [0.15, 0.2) is 30.3 Å². The van der Waals surface area contributed by atoms with Gasteiger partial charge in [-0.1, -0.05) is 71.9 Å². The standard InChI is InChI=1S/C10H14.C6H13FO.C5H11F.CH3F/c1-9(2)8-10-6-4-3-5-7-10;1-6(2)5-8-4-3-7;1-5(2)3-4-6;1-2/h3-7,9H,8H2,1-2H3;6H,3-5H2,1-2H3;5H,3-4H2,1-2H3;1H3/i;7-1;6-1;2-1. The summed E-state index contributed by atoms with van der Waals surface area (Å²) in [6.45, 7) is 13.0. The van der Waals surface area contributed by atoms with Gasteiger partial charge in [0.1, 0.15) is 6.67 Å². The number of rotatable bonds is 8. The van der Waals surface area contributed by atoms with Crippen molar-refractivity contribution in [2.45, 2.75) is 54.4 Å². The van der Waals surface area contributed by atoms with Gasteiger partial charge in [-0.2, -0.15) is 0 Å².